The molecule has 188 valence electrons. The summed E-state index contributed by atoms with van der Waals surface area (Å²) in [5.41, 5.74) is 2.01. The summed E-state index contributed by atoms with van der Waals surface area (Å²) in [6.07, 6.45) is -0.415. The second-order valence-corrected chi connectivity index (χ2v) is 9.14. The minimum atomic E-state index is -5.00. The van der Waals surface area contributed by atoms with Crippen molar-refractivity contribution in [3.05, 3.63) is 59.4 Å². The van der Waals surface area contributed by atoms with Crippen LogP contribution in [0.3, 0.4) is 0 Å². The van der Waals surface area contributed by atoms with Gasteiger partial charge in [-0.2, -0.15) is 13.2 Å². The van der Waals surface area contributed by atoms with Crippen molar-refractivity contribution >= 4 is 11.8 Å². The second-order valence-electron chi connectivity index (χ2n) is 9.14. The maximum Gasteiger partial charge on any atom is 0.471 e. The summed E-state index contributed by atoms with van der Waals surface area (Å²) in [4.78, 5) is 28.2. The third-order valence-electron chi connectivity index (χ3n) is 6.25. The number of aromatic nitrogens is 1. The molecule has 2 amide bonds. The third-order valence-corrected chi connectivity index (χ3v) is 6.25. The number of carbonyl (C=O) groups is 2. The zero-order chi connectivity index (χ0) is 25.0. The minimum absolute atomic E-state index is 0.0371. The van der Waals surface area contributed by atoms with Crippen LogP contribution in [-0.2, 0) is 4.79 Å². The van der Waals surface area contributed by atoms with E-state index in [1.54, 1.807) is 6.07 Å². The van der Waals surface area contributed by atoms with E-state index >= 15 is 0 Å². The van der Waals surface area contributed by atoms with Gasteiger partial charge in [0.2, 0.25) is 0 Å². The lowest BCUT2D eigenvalue weighted by Gasteiger charge is -2.27. The summed E-state index contributed by atoms with van der Waals surface area (Å²) in [5.74, 6) is -1.54. The molecule has 2 aliphatic rings. The number of hydrogen-bond acceptors (Lipinski definition) is 5. The zero-order valence-electron chi connectivity index (χ0n) is 19.4. The van der Waals surface area contributed by atoms with Crippen LogP contribution in [0.5, 0.6) is 5.75 Å². The van der Waals surface area contributed by atoms with Gasteiger partial charge in [-0.1, -0.05) is 24.3 Å². The number of hydrogen-bond donors (Lipinski definition) is 3. The zero-order valence-corrected chi connectivity index (χ0v) is 19.4. The van der Waals surface area contributed by atoms with E-state index in [0.717, 1.165) is 32.2 Å². The first kappa shape index (κ1) is 25.0. The highest BCUT2D eigenvalue weighted by Crippen LogP contribution is 2.40. The van der Waals surface area contributed by atoms with Crippen molar-refractivity contribution < 1.29 is 27.5 Å². The Morgan fingerprint density at radius 1 is 1.11 bits per heavy atom. The average Bonchev–Trinajstić information content (AvgIpc) is 3.68. The molecule has 2 unspecified atom stereocenters. The molecule has 7 nitrogen and oxygen atoms in total. The number of piperidine rings is 1. The number of ether oxygens (including phenoxy) is 1. The Kier molecular flexibility index (Phi) is 7.59. The van der Waals surface area contributed by atoms with Gasteiger partial charge in [0.15, 0.2) is 0 Å². The number of pyridine rings is 1. The Morgan fingerprint density at radius 3 is 2.43 bits per heavy atom. The van der Waals surface area contributed by atoms with Gasteiger partial charge in [0.25, 0.3) is 5.91 Å². The fourth-order valence-corrected chi connectivity index (χ4v) is 4.16. The number of nitrogens with one attached hydrogen (secondary N) is 3. The Hall–Kier alpha value is -3.14. The molecule has 2 heterocycles. The Morgan fingerprint density at radius 2 is 1.86 bits per heavy atom. The van der Waals surface area contributed by atoms with Crippen LogP contribution in [0.4, 0.5) is 13.2 Å². The van der Waals surface area contributed by atoms with Gasteiger partial charge < -0.3 is 20.7 Å². The van der Waals surface area contributed by atoms with Gasteiger partial charge in [0.05, 0.1) is 12.2 Å². The number of rotatable bonds is 8. The number of carbonyl (C=O) groups excluding carboxylic acids is 2. The van der Waals surface area contributed by atoms with Gasteiger partial charge in [-0.3, -0.25) is 9.59 Å². The molecular formula is C25H29F3N4O3. The largest absolute Gasteiger partial charge is 0.482 e. The fraction of sp³-hybridized carbons (Fsp3) is 0.480. The molecule has 0 bridgehead atoms. The summed E-state index contributed by atoms with van der Waals surface area (Å²) in [5, 5.41) is 8.15. The highest BCUT2D eigenvalue weighted by atomic mass is 19.4. The predicted octanol–water partition coefficient (Wildman–Crippen LogP) is 3.63. The minimum Gasteiger partial charge on any atom is -0.482 e. The predicted molar refractivity (Wildman–Crippen MR) is 123 cm³/mol. The Bertz CT molecular complexity index is 1020. The van der Waals surface area contributed by atoms with E-state index < -0.39 is 24.2 Å². The average molecular weight is 491 g/mol. The van der Waals surface area contributed by atoms with Gasteiger partial charge in [-0.25, -0.2) is 4.98 Å². The van der Waals surface area contributed by atoms with Crippen LogP contribution >= 0.6 is 0 Å². The molecule has 1 saturated heterocycles. The first-order valence-electron chi connectivity index (χ1n) is 11.8. The van der Waals surface area contributed by atoms with Gasteiger partial charge in [0, 0.05) is 12.6 Å². The van der Waals surface area contributed by atoms with Crippen molar-refractivity contribution in [1.82, 2.24) is 20.9 Å². The van der Waals surface area contributed by atoms with Crippen molar-refractivity contribution in [2.75, 3.05) is 13.1 Å². The molecule has 2 aromatic rings. The molecule has 35 heavy (non-hydrogen) atoms. The summed E-state index contributed by atoms with van der Waals surface area (Å²) >= 11 is 0. The van der Waals surface area contributed by atoms with E-state index in [4.69, 9.17) is 4.74 Å². The fourth-order valence-electron chi connectivity index (χ4n) is 4.16. The molecule has 1 aliphatic heterocycles. The number of halogens is 3. The first-order chi connectivity index (χ1) is 16.7. The molecular weight excluding hydrogens is 461 g/mol. The topological polar surface area (TPSA) is 92.3 Å². The third kappa shape index (κ3) is 6.72. The molecule has 1 aliphatic carbocycles. The van der Waals surface area contributed by atoms with E-state index in [9.17, 15) is 22.8 Å². The molecule has 3 atom stereocenters. The van der Waals surface area contributed by atoms with Crippen LogP contribution in [0, 0.1) is 0 Å². The lowest BCUT2D eigenvalue weighted by Crippen LogP contribution is -2.45. The molecule has 4 rings (SSSR count). The van der Waals surface area contributed by atoms with Crippen LogP contribution in [0.25, 0.3) is 0 Å². The van der Waals surface area contributed by atoms with E-state index in [2.05, 4.69) is 15.6 Å². The van der Waals surface area contributed by atoms with Crippen LogP contribution in [0.15, 0.2) is 42.6 Å². The van der Waals surface area contributed by atoms with Crippen molar-refractivity contribution in [3.8, 4) is 5.75 Å². The van der Waals surface area contributed by atoms with Crippen molar-refractivity contribution in [1.29, 1.82) is 0 Å². The smallest absolute Gasteiger partial charge is 0.471 e. The Balaban J connectivity index is 1.47. The summed E-state index contributed by atoms with van der Waals surface area (Å²) in [6, 6.07) is 9.59. The second kappa shape index (κ2) is 10.6. The normalized spacial score (nSPS) is 19.9. The van der Waals surface area contributed by atoms with Crippen LogP contribution in [-0.4, -0.2) is 48.1 Å². The molecule has 2 fully saturated rings. The lowest BCUT2D eigenvalue weighted by molar-refractivity contribution is -0.174. The number of amides is 2. The van der Waals surface area contributed by atoms with Crippen LogP contribution < -0.4 is 20.7 Å². The molecule has 3 N–H and O–H groups in total. The summed E-state index contributed by atoms with van der Waals surface area (Å²) in [7, 11) is 0. The maximum absolute atomic E-state index is 12.8. The molecule has 0 radical (unpaired) electrons. The lowest BCUT2D eigenvalue weighted by atomic mass is 10.00. The molecule has 10 heteroatoms. The molecule has 1 aromatic carbocycles. The molecule has 1 saturated carbocycles. The standard InChI is InChI=1S/C25H29F3N4O3/c1-15(31-24(34)25(26,27)28)22(18-8-6-17(7-9-18)16-4-5-16)35-20-10-11-21(30-14-20)23(33)32-19-3-2-12-29-13-19/h6-11,14-16,19,22,29H,2-5,12-13H2,1H3,(H,31,34)(H,32,33)/t15?,19-,22?/m0/s1. The van der Waals surface area contributed by atoms with Gasteiger partial charge in [-0.15, -0.1) is 0 Å². The van der Waals surface area contributed by atoms with E-state index in [-0.39, 0.29) is 23.4 Å². The monoisotopic (exact) mass is 490 g/mol. The summed E-state index contributed by atoms with van der Waals surface area (Å²) in [6.45, 7) is 3.09. The van der Waals surface area contributed by atoms with Crippen molar-refractivity contribution in [2.45, 2.75) is 62.9 Å². The van der Waals surface area contributed by atoms with Crippen molar-refractivity contribution in [3.63, 3.8) is 0 Å². The van der Waals surface area contributed by atoms with Gasteiger partial charge in [-0.05, 0) is 68.3 Å². The molecule has 1 aromatic heterocycles. The molecule has 0 spiro atoms. The van der Waals surface area contributed by atoms with E-state index in [1.807, 2.05) is 29.6 Å². The number of alkyl halides is 3. The van der Waals surface area contributed by atoms with Crippen LogP contribution in [0.1, 0.15) is 66.2 Å². The summed E-state index contributed by atoms with van der Waals surface area (Å²) < 4.78 is 44.5. The highest BCUT2D eigenvalue weighted by molar-refractivity contribution is 5.92. The van der Waals surface area contributed by atoms with E-state index in [0.29, 0.717) is 18.0 Å². The Labute approximate surface area is 201 Å². The van der Waals surface area contributed by atoms with E-state index in [1.165, 1.54) is 24.8 Å². The SMILES string of the molecule is CC(NC(=O)C(F)(F)F)C(Oc1ccc(C(=O)N[C@H]2CCCNC2)nc1)c1ccc(C2CC2)cc1. The first-order valence-corrected chi connectivity index (χ1v) is 11.8. The number of benzene rings is 1. The van der Waals surface area contributed by atoms with Crippen molar-refractivity contribution in [2.24, 2.45) is 0 Å². The van der Waals surface area contributed by atoms with Gasteiger partial charge >= 0.3 is 12.1 Å². The maximum atomic E-state index is 12.8. The number of nitrogens with zero attached hydrogens (tertiary/aromatic N) is 1. The highest BCUT2D eigenvalue weighted by Gasteiger charge is 2.40. The van der Waals surface area contributed by atoms with Gasteiger partial charge in [0.1, 0.15) is 17.5 Å². The quantitative estimate of drug-likeness (QED) is 0.526. The van der Waals surface area contributed by atoms with Crippen LogP contribution in [0.2, 0.25) is 0 Å².